The number of nitrogens with zero attached hydrogens (tertiary/aromatic N) is 5. The molecule has 0 amide bonds. The fourth-order valence-electron chi connectivity index (χ4n) is 16.5. The molecule has 2 aliphatic heterocycles. The summed E-state index contributed by atoms with van der Waals surface area (Å²) in [6, 6.07) is 54.2. The quantitative estimate of drug-likeness (QED) is 0.142. The number of hydrogen-bond acceptors (Lipinski definition) is 3. The molecule has 0 N–H and O–H groups in total. The third-order valence-corrected chi connectivity index (χ3v) is 21.3. The number of hydrogen-bond donors (Lipinski definition) is 0. The highest BCUT2D eigenvalue weighted by Gasteiger charge is 2.46. The van der Waals surface area contributed by atoms with Crippen LogP contribution in [0.15, 0.2) is 331 Å². The molecule has 0 bridgehead atoms. The fourth-order valence-corrected chi connectivity index (χ4v) is 16.5. The van der Waals surface area contributed by atoms with Gasteiger partial charge in [0, 0.05) is 82.7 Å². The van der Waals surface area contributed by atoms with E-state index in [9.17, 15) is 19.2 Å². The Morgan fingerprint density at radius 1 is 0.295 bits per heavy atom. The maximum Gasteiger partial charge on any atom is 0.252 e. The molecule has 0 unspecified atom stereocenters. The molecule has 105 heavy (non-hydrogen) atoms. The van der Waals surface area contributed by atoms with E-state index < -0.39 is 134 Å². The fraction of sp³-hybridized carbons (Fsp3) is 0.0816. The molecular formula is C98H72BN5O. The molecule has 0 atom stereocenters. The summed E-state index contributed by atoms with van der Waals surface area (Å²) in [6.07, 6.45) is 0. The molecule has 0 fully saturated rings. The van der Waals surface area contributed by atoms with E-state index in [1.165, 1.54) is 9.13 Å². The van der Waals surface area contributed by atoms with Crippen molar-refractivity contribution in [2.75, 3.05) is 9.80 Å². The zero-order valence-electron chi connectivity index (χ0n) is 78.8. The predicted octanol–water partition coefficient (Wildman–Crippen LogP) is 24.6. The van der Waals surface area contributed by atoms with Gasteiger partial charge in [0.1, 0.15) is 0 Å². The van der Waals surface area contributed by atoms with Crippen molar-refractivity contribution in [2.45, 2.75) is 52.4 Å². The zero-order valence-corrected chi connectivity index (χ0v) is 57.8. The summed E-state index contributed by atoms with van der Waals surface area (Å²) in [7, 11) is 0. The molecule has 2 aliphatic rings. The standard InChI is InChI=1S/C98H72BN5O/c1-97(2,3)65-48-53-85-77(56-65)78-57-66(98(4,5)6)49-54-86(78)101(85)68-59-91-93-92(60-68)104(94-69(62-29-12-8-13-30-62)37-24-38-70(94)63-31-14-9-15-32-63)90-58-67(100-81-41-20-16-33-71(81)72-34-17-21-42-82(72)100)50-52-80(90)99(93)79-51-47-64(61-27-10-7-11-28-61)55-89(79)103(91)88-46-26-40-76-75-39-25-45-87(95(75)105-96(76)88)102-83-43-22-18-35-73(83)74-36-19-23-44-84(74)102/h7-60H,1-6H3/i7D,10D,11D,16D,17D,18D,19D,20D,21D,22D,23D,27D,28D,33D,34D,35D,36D,41D,42D,43D,44D. The SMILES string of the molecule is [2H]c1c([2H])c([2H])c(-c2ccc3c(c2)N(c2cccc4c2oc2c(-n5c6c([2H])c([2H])c([2H])c([2H])c6c6c([2H])c([2H])c([2H])c([2H])c65)cccc24)c2cc(-n4c5ccc(C(C)(C)C)cc5c5cc(C(C)(C)C)ccc54)cc4c2B3c2ccc(-n3c5c([2H])c([2H])c([2H])c([2H])c5c5c([2H])c([2H])c([2H])c([2H])c53)cc2N4c2c(-c3ccccc3)cccc2-c2ccccc2)c([2H])c1[2H]. The molecule has 21 rings (SSSR count). The molecule has 19 aromatic rings. The second kappa shape index (κ2) is 22.8. The Morgan fingerprint density at radius 3 is 1.29 bits per heavy atom. The number of para-hydroxylation sites is 7. The Kier molecular flexibility index (Phi) is 9.39. The van der Waals surface area contributed by atoms with Crippen molar-refractivity contribution in [1.29, 1.82) is 0 Å². The van der Waals surface area contributed by atoms with Gasteiger partial charge in [-0.1, -0.05) is 278 Å². The number of rotatable bonds is 8. The monoisotopic (exact) mass is 1370 g/mol. The van der Waals surface area contributed by atoms with Crippen molar-refractivity contribution in [3.8, 4) is 50.4 Å². The summed E-state index contributed by atoms with van der Waals surface area (Å²) in [5, 5.41) is 2.46. The van der Waals surface area contributed by atoms with E-state index in [1.54, 1.807) is 24.3 Å². The Hall–Kier alpha value is -12.8. The van der Waals surface area contributed by atoms with Gasteiger partial charge in [0.2, 0.25) is 0 Å². The van der Waals surface area contributed by atoms with Crippen LogP contribution in [0, 0.1) is 0 Å². The van der Waals surface area contributed by atoms with Gasteiger partial charge in [-0.15, -0.1) is 0 Å². The predicted molar refractivity (Wildman–Crippen MR) is 444 cm³/mol. The molecule has 0 radical (unpaired) electrons. The van der Waals surface area contributed by atoms with Crippen molar-refractivity contribution in [1.82, 2.24) is 13.7 Å². The third kappa shape index (κ3) is 9.17. The van der Waals surface area contributed by atoms with Crippen molar-refractivity contribution < 1.29 is 33.2 Å². The molecular weight excluding hydrogens is 1270 g/mol. The van der Waals surface area contributed by atoms with Crippen molar-refractivity contribution in [3.05, 3.63) is 338 Å². The van der Waals surface area contributed by atoms with Crippen LogP contribution >= 0.6 is 0 Å². The van der Waals surface area contributed by atoms with Crippen LogP contribution < -0.4 is 26.2 Å². The van der Waals surface area contributed by atoms with Crippen LogP contribution in [0.3, 0.4) is 0 Å². The van der Waals surface area contributed by atoms with E-state index >= 15 is 0 Å². The number of benzene rings is 15. The lowest BCUT2D eigenvalue weighted by molar-refractivity contribution is 0.590. The normalized spacial score (nSPS) is 15.8. The van der Waals surface area contributed by atoms with Gasteiger partial charge in [0.15, 0.2) is 11.2 Å². The van der Waals surface area contributed by atoms with Gasteiger partial charge in [-0.3, -0.25) is 0 Å². The summed E-state index contributed by atoms with van der Waals surface area (Å²) in [4.78, 5) is 4.31. The molecule has 6 nitrogen and oxygen atoms in total. The number of anilines is 6. The van der Waals surface area contributed by atoms with Crippen LogP contribution in [0.1, 0.15) is 81.5 Å². The average Bonchev–Trinajstić information content (AvgIpc) is 0.863. The number of furan rings is 1. The summed E-state index contributed by atoms with van der Waals surface area (Å²) in [5.74, 6) is 0. The first-order valence-corrected chi connectivity index (χ1v) is 35.0. The van der Waals surface area contributed by atoms with Crippen LogP contribution in [0.25, 0.3) is 138 Å². The van der Waals surface area contributed by atoms with Gasteiger partial charge >= 0.3 is 0 Å². The Labute approximate surface area is 639 Å². The summed E-state index contributed by atoms with van der Waals surface area (Å²) in [6.45, 7) is 12.2. The second-order valence-electron chi connectivity index (χ2n) is 29.2. The molecule has 6 heterocycles. The third-order valence-electron chi connectivity index (χ3n) is 21.3. The highest BCUT2D eigenvalue weighted by atomic mass is 16.3. The Bertz CT molecular complexity index is 7850. The zero-order chi connectivity index (χ0) is 88.4. The number of fused-ring (bicyclic) bond motifs is 16. The van der Waals surface area contributed by atoms with E-state index in [1.807, 2.05) is 115 Å². The minimum absolute atomic E-state index is 0.0953. The van der Waals surface area contributed by atoms with Crippen molar-refractivity contribution in [3.63, 3.8) is 0 Å². The largest absolute Gasteiger partial charge is 0.452 e. The van der Waals surface area contributed by atoms with E-state index in [2.05, 4.69) is 117 Å². The first-order chi connectivity index (χ1) is 60.1. The second-order valence-corrected chi connectivity index (χ2v) is 29.2. The highest BCUT2D eigenvalue weighted by Crippen LogP contribution is 2.54. The van der Waals surface area contributed by atoms with Crippen LogP contribution in [-0.2, 0) is 10.8 Å². The topological polar surface area (TPSA) is 34.4 Å². The van der Waals surface area contributed by atoms with Crippen LogP contribution in [-0.4, -0.2) is 20.4 Å². The molecule has 4 aromatic heterocycles. The molecule has 15 aromatic carbocycles. The van der Waals surface area contributed by atoms with Gasteiger partial charge in [0.05, 0.1) is 84.6 Å². The smallest absolute Gasteiger partial charge is 0.252 e. The van der Waals surface area contributed by atoms with Crippen LogP contribution in [0.5, 0.6) is 0 Å². The van der Waals surface area contributed by atoms with E-state index in [-0.39, 0.29) is 88.1 Å². The lowest BCUT2D eigenvalue weighted by Crippen LogP contribution is -2.61. The summed E-state index contributed by atoms with van der Waals surface area (Å²) >= 11 is 0. The lowest BCUT2D eigenvalue weighted by Gasteiger charge is -2.45. The molecule has 7 heteroatoms. The minimum Gasteiger partial charge on any atom is -0.452 e. The van der Waals surface area contributed by atoms with Gasteiger partial charge in [-0.2, -0.15) is 0 Å². The first-order valence-electron chi connectivity index (χ1n) is 45.5. The number of aromatic nitrogens is 3. The maximum absolute atomic E-state index is 9.88. The molecule has 498 valence electrons. The molecule has 0 spiro atoms. The van der Waals surface area contributed by atoms with Crippen molar-refractivity contribution in [2.24, 2.45) is 0 Å². The Balaban J connectivity index is 0.965. The molecule has 0 saturated heterocycles. The molecule has 0 saturated carbocycles. The maximum atomic E-state index is 9.88. The summed E-state index contributed by atoms with van der Waals surface area (Å²) < 4.78 is 209. The van der Waals surface area contributed by atoms with E-state index in [0.717, 1.165) is 55.2 Å². The van der Waals surface area contributed by atoms with Gasteiger partial charge in [-0.25, -0.2) is 0 Å². The van der Waals surface area contributed by atoms with Gasteiger partial charge in [0.25, 0.3) is 6.71 Å². The van der Waals surface area contributed by atoms with Crippen molar-refractivity contribution >= 4 is 145 Å². The van der Waals surface area contributed by atoms with E-state index in [4.69, 9.17) is 14.0 Å². The van der Waals surface area contributed by atoms with Gasteiger partial charge < -0.3 is 27.9 Å². The first kappa shape index (κ1) is 43.2. The summed E-state index contributed by atoms with van der Waals surface area (Å²) in [5.41, 5.74) is 12.7. The highest BCUT2D eigenvalue weighted by molar-refractivity contribution is 7.00. The lowest BCUT2D eigenvalue weighted by atomic mass is 9.33. The van der Waals surface area contributed by atoms with Crippen LogP contribution in [0.2, 0.25) is 0 Å². The van der Waals surface area contributed by atoms with Gasteiger partial charge in [-0.05, 0) is 151 Å². The minimum atomic E-state index is -0.876. The Morgan fingerprint density at radius 2 is 0.743 bits per heavy atom. The molecule has 0 aliphatic carbocycles. The van der Waals surface area contributed by atoms with E-state index in [0.29, 0.717) is 67.0 Å². The van der Waals surface area contributed by atoms with Crippen LogP contribution in [0.4, 0.5) is 34.1 Å². The average molecular weight is 1370 g/mol.